The lowest BCUT2D eigenvalue weighted by molar-refractivity contribution is 0.102. The molecular formula is C17H18N6O. The fourth-order valence-corrected chi connectivity index (χ4v) is 3.09. The summed E-state index contributed by atoms with van der Waals surface area (Å²) in [6.45, 7) is 0. The lowest BCUT2D eigenvalue weighted by atomic mass is 10.2. The lowest BCUT2D eigenvalue weighted by Crippen LogP contribution is -2.18. The van der Waals surface area contributed by atoms with E-state index in [9.17, 15) is 4.79 Å². The molecule has 3 aromatic rings. The third-order valence-electron chi connectivity index (χ3n) is 4.29. The van der Waals surface area contributed by atoms with Crippen molar-refractivity contribution in [3.8, 4) is 5.69 Å². The first-order valence-corrected chi connectivity index (χ1v) is 8.14. The highest BCUT2D eigenvalue weighted by Crippen LogP contribution is 2.31. The van der Waals surface area contributed by atoms with E-state index in [1.807, 2.05) is 41.1 Å². The first kappa shape index (κ1) is 14.6. The van der Waals surface area contributed by atoms with Crippen LogP contribution in [0.2, 0.25) is 0 Å². The molecule has 0 bridgehead atoms. The van der Waals surface area contributed by atoms with Gasteiger partial charge in [0.2, 0.25) is 0 Å². The number of nitrogens with one attached hydrogen (secondary N) is 1. The van der Waals surface area contributed by atoms with Crippen LogP contribution >= 0.6 is 0 Å². The first-order valence-electron chi connectivity index (χ1n) is 8.14. The third kappa shape index (κ3) is 2.80. The summed E-state index contributed by atoms with van der Waals surface area (Å²) in [6.07, 6.45) is 7.82. The van der Waals surface area contributed by atoms with Gasteiger partial charge in [-0.2, -0.15) is 15.0 Å². The molecule has 2 heterocycles. The topological polar surface area (TPSA) is 77.6 Å². The number of nitrogens with zero attached hydrogens (tertiary/aromatic N) is 5. The Kier molecular flexibility index (Phi) is 3.82. The van der Waals surface area contributed by atoms with E-state index in [0.717, 1.165) is 18.5 Å². The molecule has 0 radical (unpaired) electrons. The fourth-order valence-electron chi connectivity index (χ4n) is 3.09. The van der Waals surface area contributed by atoms with E-state index in [2.05, 4.69) is 20.6 Å². The Balaban J connectivity index is 1.51. The number of hydrogen-bond acceptors (Lipinski definition) is 4. The molecule has 7 nitrogen and oxygen atoms in total. The Hall–Kier alpha value is -2.96. The van der Waals surface area contributed by atoms with Crippen LogP contribution in [0, 0.1) is 0 Å². The van der Waals surface area contributed by atoms with Crippen LogP contribution in [0.1, 0.15) is 42.2 Å². The molecule has 1 N–H and O–H groups in total. The molecule has 1 aliphatic rings. The normalized spacial score (nSPS) is 14.8. The van der Waals surface area contributed by atoms with Gasteiger partial charge >= 0.3 is 0 Å². The van der Waals surface area contributed by atoms with Crippen molar-refractivity contribution >= 4 is 11.7 Å². The van der Waals surface area contributed by atoms with Gasteiger partial charge in [-0.25, -0.2) is 4.68 Å². The summed E-state index contributed by atoms with van der Waals surface area (Å²) in [4.78, 5) is 13.9. The maximum atomic E-state index is 12.5. The van der Waals surface area contributed by atoms with Crippen LogP contribution in [-0.4, -0.2) is 30.7 Å². The van der Waals surface area contributed by atoms with E-state index in [-0.39, 0.29) is 11.6 Å². The maximum absolute atomic E-state index is 12.5. The predicted octanol–water partition coefficient (Wildman–Crippen LogP) is 2.83. The quantitative estimate of drug-likeness (QED) is 0.801. The standard InChI is InChI=1S/C17H18N6O/c24-17(15-12-19-23(21-15)14-8-2-1-3-9-14)20-16-10-11-18-22(16)13-6-4-5-7-13/h1-3,8-13H,4-7H2,(H,20,24). The summed E-state index contributed by atoms with van der Waals surface area (Å²) in [7, 11) is 0. The number of benzene rings is 1. The van der Waals surface area contributed by atoms with E-state index in [1.54, 1.807) is 6.20 Å². The summed E-state index contributed by atoms with van der Waals surface area (Å²) in [6, 6.07) is 11.7. The zero-order chi connectivity index (χ0) is 16.4. The molecule has 0 unspecified atom stereocenters. The van der Waals surface area contributed by atoms with Crippen molar-refractivity contribution in [3.63, 3.8) is 0 Å². The Morgan fingerprint density at radius 3 is 2.67 bits per heavy atom. The molecule has 24 heavy (non-hydrogen) atoms. The van der Waals surface area contributed by atoms with Crippen LogP contribution in [0.15, 0.2) is 48.8 Å². The van der Waals surface area contributed by atoms with Crippen LogP contribution in [0.5, 0.6) is 0 Å². The van der Waals surface area contributed by atoms with Crippen LogP contribution in [0.4, 0.5) is 5.82 Å². The SMILES string of the molecule is O=C(Nc1ccnn1C1CCCC1)c1cnn(-c2ccccc2)n1. The van der Waals surface area contributed by atoms with Gasteiger partial charge in [0, 0.05) is 6.07 Å². The van der Waals surface area contributed by atoms with Crippen molar-refractivity contribution in [2.24, 2.45) is 0 Å². The molecule has 7 heteroatoms. The van der Waals surface area contributed by atoms with E-state index >= 15 is 0 Å². The largest absolute Gasteiger partial charge is 0.305 e. The number of para-hydroxylation sites is 1. The molecule has 1 aliphatic carbocycles. The fraction of sp³-hybridized carbons (Fsp3) is 0.294. The van der Waals surface area contributed by atoms with Gasteiger partial charge in [0.05, 0.1) is 24.1 Å². The Labute approximate surface area is 139 Å². The number of carbonyl (C=O) groups is 1. The molecule has 0 aliphatic heterocycles. The van der Waals surface area contributed by atoms with Crippen molar-refractivity contribution in [3.05, 3.63) is 54.5 Å². The van der Waals surface area contributed by atoms with Crippen LogP contribution in [0.3, 0.4) is 0 Å². The first-order chi connectivity index (χ1) is 11.8. The lowest BCUT2D eigenvalue weighted by Gasteiger charge is -2.14. The van der Waals surface area contributed by atoms with Crippen LogP contribution in [-0.2, 0) is 0 Å². The molecule has 0 saturated heterocycles. The smallest absolute Gasteiger partial charge is 0.279 e. The van der Waals surface area contributed by atoms with Gasteiger partial charge in [0.25, 0.3) is 5.91 Å². The minimum absolute atomic E-state index is 0.276. The van der Waals surface area contributed by atoms with Crippen molar-refractivity contribution in [2.45, 2.75) is 31.7 Å². The monoisotopic (exact) mass is 322 g/mol. The average molecular weight is 322 g/mol. The molecule has 1 saturated carbocycles. The van der Waals surface area contributed by atoms with Crippen molar-refractivity contribution in [1.82, 2.24) is 24.8 Å². The van der Waals surface area contributed by atoms with Crippen molar-refractivity contribution in [1.29, 1.82) is 0 Å². The number of hydrogen-bond donors (Lipinski definition) is 1. The number of rotatable bonds is 4. The highest BCUT2D eigenvalue weighted by molar-refractivity contribution is 6.02. The Morgan fingerprint density at radius 1 is 1.08 bits per heavy atom. The van der Waals surface area contributed by atoms with Crippen LogP contribution < -0.4 is 5.32 Å². The second-order valence-corrected chi connectivity index (χ2v) is 5.91. The highest BCUT2D eigenvalue weighted by Gasteiger charge is 2.21. The van der Waals surface area contributed by atoms with Gasteiger partial charge < -0.3 is 5.32 Å². The number of amides is 1. The van der Waals surface area contributed by atoms with Gasteiger partial charge in [-0.3, -0.25) is 4.79 Å². The molecule has 1 aromatic carbocycles. The zero-order valence-corrected chi connectivity index (χ0v) is 13.2. The molecule has 1 amide bonds. The average Bonchev–Trinajstić information content (AvgIpc) is 3.36. The third-order valence-corrected chi connectivity index (χ3v) is 4.29. The zero-order valence-electron chi connectivity index (χ0n) is 13.2. The van der Waals surface area contributed by atoms with Gasteiger partial charge in [-0.1, -0.05) is 31.0 Å². The van der Waals surface area contributed by atoms with Crippen molar-refractivity contribution < 1.29 is 4.79 Å². The van der Waals surface area contributed by atoms with E-state index in [1.165, 1.54) is 23.8 Å². The summed E-state index contributed by atoms with van der Waals surface area (Å²) in [5.74, 6) is 0.429. The Bertz CT molecular complexity index is 832. The van der Waals surface area contributed by atoms with Gasteiger partial charge in [0.1, 0.15) is 5.82 Å². The molecule has 4 rings (SSSR count). The molecule has 2 aromatic heterocycles. The predicted molar refractivity (Wildman–Crippen MR) is 89.0 cm³/mol. The Morgan fingerprint density at radius 2 is 1.88 bits per heavy atom. The molecular weight excluding hydrogens is 304 g/mol. The summed E-state index contributed by atoms with van der Waals surface area (Å²) in [5.41, 5.74) is 1.09. The molecule has 122 valence electrons. The molecule has 0 spiro atoms. The van der Waals surface area contributed by atoms with Gasteiger partial charge in [0.15, 0.2) is 5.69 Å². The van der Waals surface area contributed by atoms with Gasteiger partial charge in [-0.05, 0) is 25.0 Å². The van der Waals surface area contributed by atoms with Crippen LogP contribution in [0.25, 0.3) is 5.69 Å². The maximum Gasteiger partial charge on any atom is 0.279 e. The van der Waals surface area contributed by atoms with Crippen molar-refractivity contribution in [2.75, 3.05) is 5.32 Å². The molecule has 1 fully saturated rings. The second kappa shape index (κ2) is 6.27. The summed E-state index contributed by atoms with van der Waals surface area (Å²) >= 11 is 0. The minimum Gasteiger partial charge on any atom is -0.305 e. The second-order valence-electron chi connectivity index (χ2n) is 5.91. The highest BCUT2D eigenvalue weighted by atomic mass is 16.2. The minimum atomic E-state index is -0.281. The van der Waals surface area contributed by atoms with E-state index in [0.29, 0.717) is 11.9 Å². The van der Waals surface area contributed by atoms with Gasteiger partial charge in [-0.15, -0.1) is 5.10 Å². The van der Waals surface area contributed by atoms with E-state index < -0.39 is 0 Å². The number of aromatic nitrogens is 5. The van der Waals surface area contributed by atoms with E-state index in [4.69, 9.17) is 0 Å². The number of carbonyl (C=O) groups excluding carboxylic acids is 1. The molecule has 0 atom stereocenters. The summed E-state index contributed by atoms with van der Waals surface area (Å²) in [5, 5.41) is 15.7. The summed E-state index contributed by atoms with van der Waals surface area (Å²) < 4.78 is 1.91. The number of anilines is 1.